The standard InChI is InChI=1S/C17H24N2O9/c1-3-15(23)27-8-9-28-16(24)4-7-26-17(25)11-14(22)19-6-5-18-13(21)10-12(2)20/h3H,1,4-11H2,2H3,(H,18,21)(H,19,22). The Hall–Kier alpha value is -3.24. The predicted molar refractivity (Wildman–Crippen MR) is 93.6 cm³/mol. The fourth-order valence-electron chi connectivity index (χ4n) is 1.61. The monoisotopic (exact) mass is 400 g/mol. The first-order valence-corrected chi connectivity index (χ1v) is 8.37. The second-order valence-corrected chi connectivity index (χ2v) is 5.32. The molecular weight excluding hydrogens is 376 g/mol. The van der Waals surface area contributed by atoms with Gasteiger partial charge in [-0.15, -0.1) is 0 Å². The number of carbonyl (C=O) groups excluding carboxylic acids is 6. The Morgan fingerprint density at radius 1 is 0.786 bits per heavy atom. The van der Waals surface area contributed by atoms with Crippen LogP contribution in [0.3, 0.4) is 0 Å². The first kappa shape index (κ1) is 24.8. The van der Waals surface area contributed by atoms with E-state index in [-0.39, 0.29) is 51.5 Å². The Labute approximate surface area is 161 Å². The molecule has 0 aromatic heterocycles. The number of nitrogens with one attached hydrogen (secondary N) is 2. The van der Waals surface area contributed by atoms with Crippen LogP contribution >= 0.6 is 0 Å². The number of esters is 3. The molecule has 28 heavy (non-hydrogen) atoms. The van der Waals surface area contributed by atoms with Gasteiger partial charge in [-0.1, -0.05) is 6.58 Å². The Kier molecular flexibility index (Phi) is 13.2. The summed E-state index contributed by atoms with van der Waals surface area (Å²) in [6.07, 6.45) is -0.0242. The van der Waals surface area contributed by atoms with Crippen molar-refractivity contribution < 1.29 is 43.0 Å². The van der Waals surface area contributed by atoms with Crippen molar-refractivity contribution in [3.63, 3.8) is 0 Å². The average Bonchev–Trinajstić information content (AvgIpc) is 2.61. The van der Waals surface area contributed by atoms with E-state index in [2.05, 4.69) is 21.9 Å². The van der Waals surface area contributed by atoms with Crippen molar-refractivity contribution in [3.8, 4) is 0 Å². The molecule has 0 saturated carbocycles. The maximum atomic E-state index is 11.5. The molecule has 0 atom stereocenters. The number of hydrogen-bond acceptors (Lipinski definition) is 9. The molecule has 0 heterocycles. The van der Waals surface area contributed by atoms with Crippen molar-refractivity contribution in [2.24, 2.45) is 0 Å². The third-order valence-electron chi connectivity index (χ3n) is 2.81. The molecule has 0 unspecified atom stereocenters. The molecule has 0 aromatic rings. The summed E-state index contributed by atoms with van der Waals surface area (Å²) in [5.41, 5.74) is 0. The van der Waals surface area contributed by atoms with Crippen LogP contribution < -0.4 is 10.6 Å². The molecule has 0 spiro atoms. The molecule has 0 rings (SSSR count). The smallest absolute Gasteiger partial charge is 0.330 e. The van der Waals surface area contributed by atoms with Gasteiger partial charge in [-0.05, 0) is 6.92 Å². The quantitative estimate of drug-likeness (QED) is 0.120. The van der Waals surface area contributed by atoms with Gasteiger partial charge < -0.3 is 24.8 Å². The van der Waals surface area contributed by atoms with Crippen LogP contribution in [0.1, 0.15) is 26.2 Å². The van der Waals surface area contributed by atoms with Crippen molar-refractivity contribution in [2.75, 3.05) is 32.9 Å². The molecule has 0 saturated heterocycles. The summed E-state index contributed by atoms with van der Waals surface area (Å²) in [6.45, 7) is 4.16. The summed E-state index contributed by atoms with van der Waals surface area (Å²) in [5, 5.41) is 4.82. The van der Waals surface area contributed by atoms with Crippen molar-refractivity contribution in [1.82, 2.24) is 10.6 Å². The van der Waals surface area contributed by atoms with E-state index in [0.29, 0.717) is 0 Å². The van der Waals surface area contributed by atoms with Gasteiger partial charge in [0, 0.05) is 19.2 Å². The average molecular weight is 400 g/mol. The van der Waals surface area contributed by atoms with Gasteiger partial charge in [-0.2, -0.15) is 0 Å². The Balaban J connectivity index is 3.71. The number of amides is 2. The van der Waals surface area contributed by atoms with E-state index in [9.17, 15) is 28.8 Å². The van der Waals surface area contributed by atoms with E-state index in [4.69, 9.17) is 9.47 Å². The summed E-state index contributed by atoms with van der Waals surface area (Å²) < 4.78 is 14.1. The number of rotatable bonds is 14. The third-order valence-corrected chi connectivity index (χ3v) is 2.81. The zero-order valence-electron chi connectivity index (χ0n) is 15.6. The highest BCUT2D eigenvalue weighted by Gasteiger charge is 2.12. The summed E-state index contributed by atoms with van der Waals surface area (Å²) >= 11 is 0. The molecule has 156 valence electrons. The van der Waals surface area contributed by atoms with Gasteiger partial charge in [-0.25, -0.2) is 4.79 Å². The van der Waals surface area contributed by atoms with E-state index in [1.54, 1.807) is 0 Å². The zero-order valence-corrected chi connectivity index (χ0v) is 15.6. The number of carbonyl (C=O) groups is 6. The summed E-state index contributed by atoms with van der Waals surface area (Å²) in [6, 6.07) is 0. The van der Waals surface area contributed by atoms with Gasteiger partial charge in [0.1, 0.15) is 32.0 Å². The van der Waals surface area contributed by atoms with Crippen LogP contribution in [0.5, 0.6) is 0 Å². The number of ketones is 1. The molecule has 0 aliphatic rings. The van der Waals surface area contributed by atoms with Gasteiger partial charge in [0.05, 0.1) is 12.8 Å². The van der Waals surface area contributed by atoms with Crippen molar-refractivity contribution in [3.05, 3.63) is 12.7 Å². The van der Waals surface area contributed by atoms with Crippen LogP contribution in [0.4, 0.5) is 0 Å². The van der Waals surface area contributed by atoms with E-state index < -0.39 is 36.1 Å². The minimum Gasteiger partial charge on any atom is -0.465 e. The van der Waals surface area contributed by atoms with E-state index in [1.165, 1.54) is 6.92 Å². The zero-order chi connectivity index (χ0) is 21.4. The van der Waals surface area contributed by atoms with Gasteiger partial charge >= 0.3 is 17.9 Å². The molecule has 11 nitrogen and oxygen atoms in total. The lowest BCUT2D eigenvalue weighted by Crippen LogP contribution is -2.36. The number of hydrogen-bond donors (Lipinski definition) is 2. The van der Waals surface area contributed by atoms with Crippen molar-refractivity contribution >= 4 is 35.5 Å². The van der Waals surface area contributed by atoms with Gasteiger partial charge in [0.25, 0.3) is 0 Å². The van der Waals surface area contributed by atoms with Gasteiger partial charge in [0.2, 0.25) is 11.8 Å². The molecule has 0 fully saturated rings. The molecule has 0 aliphatic heterocycles. The van der Waals surface area contributed by atoms with Crippen LogP contribution in [0, 0.1) is 0 Å². The predicted octanol–water partition coefficient (Wildman–Crippen LogP) is -1.21. The molecular formula is C17H24N2O9. The van der Waals surface area contributed by atoms with E-state index >= 15 is 0 Å². The molecule has 0 aliphatic carbocycles. The van der Waals surface area contributed by atoms with Gasteiger partial charge in [-0.3, -0.25) is 24.0 Å². The van der Waals surface area contributed by atoms with Crippen LogP contribution in [0.15, 0.2) is 12.7 Å². The molecule has 11 heteroatoms. The fourth-order valence-corrected chi connectivity index (χ4v) is 1.61. The minimum atomic E-state index is -0.828. The highest BCUT2D eigenvalue weighted by Crippen LogP contribution is 1.93. The lowest BCUT2D eigenvalue weighted by molar-refractivity contribution is -0.153. The van der Waals surface area contributed by atoms with Gasteiger partial charge in [0.15, 0.2) is 0 Å². The topological polar surface area (TPSA) is 154 Å². The van der Waals surface area contributed by atoms with Crippen LogP contribution in [0.2, 0.25) is 0 Å². The molecule has 2 N–H and O–H groups in total. The maximum Gasteiger partial charge on any atom is 0.330 e. The van der Waals surface area contributed by atoms with Crippen LogP contribution in [-0.4, -0.2) is 68.4 Å². The highest BCUT2D eigenvalue weighted by molar-refractivity contribution is 5.97. The third kappa shape index (κ3) is 15.0. The normalized spacial score (nSPS) is 9.61. The fraction of sp³-hybridized carbons (Fsp3) is 0.529. The first-order valence-electron chi connectivity index (χ1n) is 8.37. The highest BCUT2D eigenvalue weighted by atomic mass is 16.6. The van der Waals surface area contributed by atoms with E-state index in [1.807, 2.05) is 0 Å². The second kappa shape index (κ2) is 14.9. The van der Waals surface area contributed by atoms with Crippen LogP contribution in [0.25, 0.3) is 0 Å². The summed E-state index contributed by atoms with van der Waals surface area (Å²) in [7, 11) is 0. The summed E-state index contributed by atoms with van der Waals surface area (Å²) in [5.74, 6) is -3.46. The number of ether oxygens (including phenoxy) is 3. The summed E-state index contributed by atoms with van der Waals surface area (Å²) in [4.78, 5) is 67.0. The lowest BCUT2D eigenvalue weighted by Gasteiger charge is -2.07. The second-order valence-electron chi connectivity index (χ2n) is 5.32. The van der Waals surface area contributed by atoms with E-state index in [0.717, 1.165) is 6.08 Å². The molecule has 0 bridgehead atoms. The van der Waals surface area contributed by atoms with Crippen LogP contribution in [-0.2, 0) is 43.0 Å². The maximum absolute atomic E-state index is 11.5. The largest absolute Gasteiger partial charge is 0.465 e. The number of Topliss-reactive ketones (excluding diaryl/α,β-unsaturated/α-hetero) is 1. The molecule has 0 radical (unpaired) electrons. The Bertz CT molecular complexity index is 601. The minimum absolute atomic E-state index is 0.0819. The van der Waals surface area contributed by atoms with Crippen molar-refractivity contribution in [2.45, 2.75) is 26.2 Å². The molecule has 0 aromatic carbocycles. The SMILES string of the molecule is C=CC(=O)OCCOC(=O)CCOC(=O)CC(=O)NCCNC(=O)CC(C)=O. The Morgan fingerprint density at radius 3 is 1.89 bits per heavy atom. The first-order chi connectivity index (χ1) is 13.2. The molecule has 2 amide bonds. The Morgan fingerprint density at radius 2 is 1.32 bits per heavy atom. The lowest BCUT2D eigenvalue weighted by atomic mass is 10.3. The van der Waals surface area contributed by atoms with Crippen molar-refractivity contribution in [1.29, 1.82) is 0 Å².